The van der Waals surface area contributed by atoms with Crippen LogP contribution in [-0.4, -0.2) is 40.9 Å². The van der Waals surface area contributed by atoms with Gasteiger partial charge in [0.2, 0.25) is 0 Å². The van der Waals surface area contributed by atoms with Crippen LogP contribution < -0.4 is 0 Å². The third-order valence-corrected chi connectivity index (χ3v) is 11.3. The van der Waals surface area contributed by atoms with E-state index in [2.05, 4.69) is 27.7 Å². The monoisotopic (exact) mass is 432 g/mol. The number of Topliss-reactive ketones (excluding diaryl/α,β-unsaturated/α-hetero) is 1. The highest BCUT2D eigenvalue weighted by Crippen LogP contribution is 2.69. The van der Waals surface area contributed by atoms with Crippen LogP contribution in [0.5, 0.6) is 0 Å². The first-order valence-electron chi connectivity index (χ1n) is 13.2. The summed E-state index contributed by atoms with van der Waals surface area (Å²) in [6, 6.07) is 0. The van der Waals surface area contributed by atoms with Crippen molar-refractivity contribution in [1.29, 1.82) is 0 Å². The van der Waals surface area contributed by atoms with E-state index in [9.17, 15) is 15.0 Å². The van der Waals surface area contributed by atoms with Gasteiger partial charge in [0.05, 0.1) is 18.3 Å². The van der Waals surface area contributed by atoms with Gasteiger partial charge in [-0.25, -0.2) is 0 Å². The summed E-state index contributed by atoms with van der Waals surface area (Å²) in [5, 5.41) is 19.6. The maximum atomic E-state index is 13.3. The van der Waals surface area contributed by atoms with Gasteiger partial charge in [-0.1, -0.05) is 27.7 Å². The Labute approximate surface area is 188 Å². The standard InChI is InChI=1S/C27H44O4/c1-15(14-28)5-6-23-16(2)25-24(31-23)13-20-18-12-22(30)21-11-17(29)7-9-26(21,3)19(18)8-10-27(20,25)4/h15-21,23-25,28-29H,5-14H2,1-4H3/t15?,16-,17?,18?,19?,20?,21-,23?,24?,25?,26?,27?/m1/s1. The fourth-order valence-electron chi connectivity index (χ4n) is 9.58. The molecule has 4 heteroatoms. The van der Waals surface area contributed by atoms with Gasteiger partial charge >= 0.3 is 0 Å². The van der Waals surface area contributed by atoms with E-state index in [1.165, 1.54) is 12.8 Å². The second kappa shape index (κ2) is 7.81. The molecule has 0 aromatic rings. The van der Waals surface area contributed by atoms with E-state index in [0.29, 0.717) is 65.3 Å². The summed E-state index contributed by atoms with van der Waals surface area (Å²) in [6.07, 6.45) is 9.46. The highest BCUT2D eigenvalue weighted by molar-refractivity contribution is 5.83. The lowest BCUT2D eigenvalue weighted by atomic mass is 9.44. The number of aliphatic hydroxyl groups excluding tert-OH is 2. The second-order valence-electron chi connectivity index (χ2n) is 12.8. The first-order chi connectivity index (χ1) is 14.7. The maximum absolute atomic E-state index is 13.3. The average molecular weight is 433 g/mol. The Kier molecular flexibility index (Phi) is 5.63. The van der Waals surface area contributed by atoms with Gasteiger partial charge in [-0.2, -0.15) is 0 Å². The third kappa shape index (κ3) is 3.29. The molecule has 5 rings (SSSR count). The van der Waals surface area contributed by atoms with Crippen LogP contribution in [-0.2, 0) is 9.53 Å². The van der Waals surface area contributed by atoms with Crippen LogP contribution in [0.3, 0.4) is 0 Å². The molecule has 0 spiro atoms. The van der Waals surface area contributed by atoms with Gasteiger partial charge < -0.3 is 14.9 Å². The largest absolute Gasteiger partial charge is 0.396 e. The molecule has 176 valence electrons. The summed E-state index contributed by atoms with van der Waals surface area (Å²) < 4.78 is 6.70. The van der Waals surface area contributed by atoms with Gasteiger partial charge in [0, 0.05) is 18.9 Å². The topological polar surface area (TPSA) is 66.8 Å². The number of rotatable bonds is 4. The maximum Gasteiger partial charge on any atom is 0.136 e. The lowest BCUT2D eigenvalue weighted by Gasteiger charge is -2.60. The van der Waals surface area contributed by atoms with Gasteiger partial charge in [0.15, 0.2) is 0 Å². The Morgan fingerprint density at radius 2 is 1.87 bits per heavy atom. The number of carbonyl (C=O) groups excluding carboxylic acids is 1. The molecule has 0 bridgehead atoms. The van der Waals surface area contributed by atoms with E-state index in [1.54, 1.807) is 0 Å². The predicted octanol–water partition coefficient (Wildman–Crippen LogP) is 4.61. The van der Waals surface area contributed by atoms with Crippen LogP contribution >= 0.6 is 0 Å². The van der Waals surface area contributed by atoms with Gasteiger partial charge in [-0.05, 0) is 97.7 Å². The number of carbonyl (C=O) groups is 1. The van der Waals surface area contributed by atoms with Crippen molar-refractivity contribution in [2.75, 3.05) is 6.61 Å². The minimum absolute atomic E-state index is 0.0795. The minimum atomic E-state index is -0.280. The summed E-state index contributed by atoms with van der Waals surface area (Å²) in [7, 11) is 0. The molecule has 0 aromatic heterocycles. The normalized spacial score (nSPS) is 54.6. The zero-order valence-electron chi connectivity index (χ0n) is 20.1. The Bertz CT molecular complexity index is 707. The Morgan fingerprint density at radius 3 is 2.61 bits per heavy atom. The fraction of sp³-hybridized carbons (Fsp3) is 0.963. The van der Waals surface area contributed by atoms with Gasteiger partial charge in [-0.3, -0.25) is 4.79 Å². The van der Waals surface area contributed by atoms with Crippen molar-refractivity contribution in [3.05, 3.63) is 0 Å². The number of ketones is 1. The smallest absolute Gasteiger partial charge is 0.136 e. The molecule has 5 aliphatic rings. The van der Waals surface area contributed by atoms with Crippen LogP contribution in [0.15, 0.2) is 0 Å². The third-order valence-electron chi connectivity index (χ3n) is 11.3. The zero-order chi connectivity index (χ0) is 22.1. The summed E-state index contributed by atoms with van der Waals surface area (Å²) in [5.74, 6) is 3.80. The number of aliphatic hydroxyl groups is 2. The molecule has 1 saturated heterocycles. The van der Waals surface area contributed by atoms with Crippen molar-refractivity contribution >= 4 is 5.78 Å². The van der Waals surface area contributed by atoms with Crippen LogP contribution in [0.25, 0.3) is 0 Å². The van der Waals surface area contributed by atoms with Gasteiger partial charge in [0.25, 0.3) is 0 Å². The molecule has 4 aliphatic carbocycles. The SMILES string of the molecule is CC(CO)CCC1OC2CC3C4CC(=O)[C@H]5CC(O)CCC5(C)C4CCC3(C)C2[C@@H]1C. The summed E-state index contributed by atoms with van der Waals surface area (Å²) in [4.78, 5) is 13.3. The number of hydrogen-bond donors (Lipinski definition) is 2. The molecular weight excluding hydrogens is 388 g/mol. The van der Waals surface area contributed by atoms with E-state index >= 15 is 0 Å². The number of ether oxygens (including phenoxy) is 1. The van der Waals surface area contributed by atoms with Crippen LogP contribution in [0.2, 0.25) is 0 Å². The quantitative estimate of drug-likeness (QED) is 0.681. The summed E-state index contributed by atoms with van der Waals surface area (Å²) in [6.45, 7) is 9.71. The van der Waals surface area contributed by atoms with E-state index in [1.807, 2.05) is 0 Å². The molecule has 5 fully saturated rings. The van der Waals surface area contributed by atoms with Crippen molar-refractivity contribution < 1.29 is 19.7 Å². The highest BCUT2D eigenvalue weighted by atomic mass is 16.5. The van der Waals surface area contributed by atoms with E-state index in [-0.39, 0.29) is 24.0 Å². The lowest BCUT2D eigenvalue weighted by molar-refractivity contribution is -0.160. The molecule has 4 saturated carbocycles. The Hall–Kier alpha value is -0.450. The molecule has 0 radical (unpaired) electrons. The first-order valence-corrected chi connectivity index (χ1v) is 13.2. The zero-order valence-corrected chi connectivity index (χ0v) is 20.1. The summed E-state index contributed by atoms with van der Waals surface area (Å²) in [5.41, 5.74) is 0.383. The molecule has 1 heterocycles. The Balaban J connectivity index is 1.35. The minimum Gasteiger partial charge on any atom is -0.396 e. The average Bonchev–Trinajstić information content (AvgIpc) is 3.21. The molecule has 0 amide bonds. The molecule has 31 heavy (non-hydrogen) atoms. The molecular formula is C27H44O4. The summed E-state index contributed by atoms with van der Waals surface area (Å²) >= 11 is 0. The van der Waals surface area contributed by atoms with Crippen LogP contribution in [0.1, 0.15) is 85.5 Å². The van der Waals surface area contributed by atoms with Crippen molar-refractivity contribution in [3.8, 4) is 0 Å². The highest BCUT2D eigenvalue weighted by Gasteiger charge is 2.66. The van der Waals surface area contributed by atoms with Crippen LogP contribution in [0.4, 0.5) is 0 Å². The predicted molar refractivity (Wildman–Crippen MR) is 120 cm³/mol. The van der Waals surface area contributed by atoms with Crippen LogP contribution in [0, 0.1) is 52.3 Å². The molecule has 4 nitrogen and oxygen atoms in total. The number of fused-ring (bicyclic) bond motifs is 7. The second-order valence-corrected chi connectivity index (χ2v) is 12.8. The molecule has 2 N–H and O–H groups in total. The van der Waals surface area contributed by atoms with Crippen molar-refractivity contribution in [3.63, 3.8) is 0 Å². The van der Waals surface area contributed by atoms with Gasteiger partial charge in [-0.15, -0.1) is 0 Å². The van der Waals surface area contributed by atoms with Crippen molar-refractivity contribution in [2.45, 2.75) is 104 Å². The molecule has 1 aliphatic heterocycles. The van der Waals surface area contributed by atoms with E-state index in [0.717, 1.165) is 38.5 Å². The Morgan fingerprint density at radius 1 is 1.13 bits per heavy atom. The molecule has 10 unspecified atom stereocenters. The fourth-order valence-corrected chi connectivity index (χ4v) is 9.58. The van der Waals surface area contributed by atoms with Crippen molar-refractivity contribution in [2.24, 2.45) is 52.3 Å². The van der Waals surface area contributed by atoms with E-state index in [4.69, 9.17) is 4.74 Å². The molecule has 12 atom stereocenters. The first kappa shape index (κ1) is 22.3. The van der Waals surface area contributed by atoms with E-state index < -0.39 is 0 Å². The number of hydrogen-bond acceptors (Lipinski definition) is 4. The molecule has 0 aromatic carbocycles. The van der Waals surface area contributed by atoms with Crippen molar-refractivity contribution in [1.82, 2.24) is 0 Å². The van der Waals surface area contributed by atoms with Gasteiger partial charge in [0.1, 0.15) is 5.78 Å². The lowest BCUT2D eigenvalue weighted by Crippen LogP contribution is -2.57.